The van der Waals surface area contributed by atoms with Crippen molar-refractivity contribution in [3.8, 4) is 0 Å². The van der Waals surface area contributed by atoms with Crippen molar-refractivity contribution in [2.24, 2.45) is 4.99 Å². The van der Waals surface area contributed by atoms with Gasteiger partial charge in [-0.25, -0.2) is 9.37 Å². The van der Waals surface area contributed by atoms with Gasteiger partial charge in [0.15, 0.2) is 5.96 Å². The smallest absolute Gasteiger partial charge is 0.191 e. The minimum Gasteiger partial charge on any atom is -0.361 e. The number of benzene rings is 1. The van der Waals surface area contributed by atoms with E-state index >= 15 is 0 Å². The molecule has 0 saturated carbocycles. The van der Waals surface area contributed by atoms with Gasteiger partial charge in [0.25, 0.3) is 0 Å². The van der Waals surface area contributed by atoms with E-state index in [9.17, 15) is 4.39 Å². The average Bonchev–Trinajstić information content (AvgIpc) is 3.25. The van der Waals surface area contributed by atoms with E-state index in [0.717, 1.165) is 46.1 Å². The van der Waals surface area contributed by atoms with Gasteiger partial charge in [-0.1, -0.05) is 13.8 Å². The lowest BCUT2D eigenvalue weighted by molar-refractivity contribution is 0.629. The van der Waals surface area contributed by atoms with Crippen LogP contribution in [0.5, 0.6) is 0 Å². The fraction of sp³-hybridized carbons (Fsp3) is 0.368. The lowest BCUT2D eigenvalue weighted by atomic mass is 10.1. The molecule has 0 spiro atoms. The van der Waals surface area contributed by atoms with Crippen molar-refractivity contribution in [1.82, 2.24) is 20.6 Å². The third-order valence-corrected chi connectivity index (χ3v) is 5.08. The minimum atomic E-state index is -0.226. The molecule has 8 heteroatoms. The van der Waals surface area contributed by atoms with Crippen LogP contribution >= 0.6 is 35.3 Å². The van der Waals surface area contributed by atoms with E-state index in [0.29, 0.717) is 12.5 Å². The first-order valence-corrected chi connectivity index (χ1v) is 9.59. The second-order valence-electron chi connectivity index (χ2n) is 6.43. The van der Waals surface area contributed by atoms with Crippen LogP contribution in [0.4, 0.5) is 4.39 Å². The van der Waals surface area contributed by atoms with E-state index < -0.39 is 0 Å². The van der Waals surface area contributed by atoms with Crippen LogP contribution in [0.25, 0.3) is 10.9 Å². The van der Waals surface area contributed by atoms with E-state index in [-0.39, 0.29) is 29.8 Å². The Balaban J connectivity index is 0.00000261. The molecular weight excluding hydrogens is 476 g/mol. The minimum absolute atomic E-state index is 0. The zero-order valence-corrected chi connectivity index (χ0v) is 18.8. The van der Waals surface area contributed by atoms with Crippen LogP contribution in [-0.2, 0) is 13.0 Å². The summed E-state index contributed by atoms with van der Waals surface area (Å²) in [5.41, 5.74) is 3.11. The number of fused-ring (bicyclic) bond motifs is 1. The number of rotatable bonds is 6. The van der Waals surface area contributed by atoms with Crippen LogP contribution in [-0.4, -0.2) is 29.5 Å². The number of thiazole rings is 1. The van der Waals surface area contributed by atoms with Gasteiger partial charge in [0.1, 0.15) is 10.8 Å². The van der Waals surface area contributed by atoms with Crippen molar-refractivity contribution in [3.63, 3.8) is 0 Å². The number of nitrogens with one attached hydrogen (secondary N) is 3. The summed E-state index contributed by atoms with van der Waals surface area (Å²) >= 11 is 1.66. The zero-order chi connectivity index (χ0) is 18.5. The second-order valence-corrected chi connectivity index (χ2v) is 7.37. The molecule has 0 aliphatic carbocycles. The van der Waals surface area contributed by atoms with Crippen LogP contribution < -0.4 is 10.6 Å². The molecule has 5 nitrogen and oxygen atoms in total. The summed E-state index contributed by atoms with van der Waals surface area (Å²) in [4.78, 5) is 12.0. The van der Waals surface area contributed by atoms with Crippen LogP contribution in [0.15, 0.2) is 34.8 Å². The molecule has 146 valence electrons. The number of H-pyrrole nitrogens is 1. The highest BCUT2D eigenvalue weighted by atomic mass is 127. The zero-order valence-electron chi connectivity index (χ0n) is 15.7. The second kappa shape index (κ2) is 10.0. The highest BCUT2D eigenvalue weighted by Gasteiger charge is 2.07. The van der Waals surface area contributed by atoms with Gasteiger partial charge >= 0.3 is 0 Å². The van der Waals surface area contributed by atoms with E-state index in [2.05, 4.69) is 44.8 Å². The normalized spacial score (nSPS) is 11.7. The predicted molar refractivity (Wildman–Crippen MR) is 122 cm³/mol. The highest BCUT2D eigenvalue weighted by molar-refractivity contribution is 14.0. The van der Waals surface area contributed by atoms with Crippen molar-refractivity contribution < 1.29 is 4.39 Å². The van der Waals surface area contributed by atoms with Gasteiger partial charge in [-0.05, 0) is 36.1 Å². The van der Waals surface area contributed by atoms with Crippen molar-refractivity contribution in [3.05, 3.63) is 51.9 Å². The molecule has 0 atom stereocenters. The summed E-state index contributed by atoms with van der Waals surface area (Å²) in [6.07, 6.45) is 2.76. The number of hydrogen-bond donors (Lipinski definition) is 3. The lowest BCUT2D eigenvalue weighted by Gasteiger charge is -2.10. The van der Waals surface area contributed by atoms with Gasteiger partial charge in [-0.15, -0.1) is 35.3 Å². The van der Waals surface area contributed by atoms with E-state index in [1.165, 1.54) is 12.1 Å². The predicted octanol–water partition coefficient (Wildman–Crippen LogP) is 4.41. The Morgan fingerprint density at radius 1 is 1.33 bits per heavy atom. The standard InChI is InChI=1S/C19H24FN5S.HI/c1-12(2)17-11-26-18(25-17)10-24-19(21-3)22-7-6-13-9-23-16-8-14(20)4-5-15(13)16;/h4-5,8-9,11-12,23H,6-7,10H2,1-3H3,(H2,21,22,24);1H. The molecule has 0 aliphatic rings. The van der Waals surface area contributed by atoms with E-state index in [1.807, 2.05) is 12.3 Å². The maximum Gasteiger partial charge on any atom is 0.191 e. The van der Waals surface area contributed by atoms with Gasteiger partial charge in [0, 0.05) is 36.1 Å². The Hall–Kier alpha value is -1.68. The Morgan fingerprint density at radius 3 is 2.85 bits per heavy atom. The maximum absolute atomic E-state index is 13.3. The summed E-state index contributed by atoms with van der Waals surface area (Å²) in [5.74, 6) is 0.968. The molecular formula is C19H25FIN5S. The molecule has 0 radical (unpaired) electrons. The molecule has 0 amide bonds. The molecule has 1 aromatic carbocycles. The number of aromatic nitrogens is 2. The average molecular weight is 501 g/mol. The Morgan fingerprint density at radius 2 is 2.15 bits per heavy atom. The van der Waals surface area contributed by atoms with Crippen molar-refractivity contribution >= 4 is 52.2 Å². The number of aromatic amines is 1. The molecule has 3 N–H and O–H groups in total. The highest BCUT2D eigenvalue weighted by Crippen LogP contribution is 2.19. The molecule has 0 unspecified atom stereocenters. The van der Waals surface area contributed by atoms with Crippen LogP contribution in [0.3, 0.4) is 0 Å². The van der Waals surface area contributed by atoms with Crippen molar-refractivity contribution in [2.45, 2.75) is 32.7 Å². The monoisotopic (exact) mass is 501 g/mol. The van der Waals surface area contributed by atoms with Gasteiger partial charge in [0.2, 0.25) is 0 Å². The number of guanidine groups is 1. The third-order valence-electron chi connectivity index (χ3n) is 4.21. The number of aliphatic imine (C=N–C) groups is 1. The Labute approximate surface area is 179 Å². The number of hydrogen-bond acceptors (Lipinski definition) is 3. The van der Waals surface area contributed by atoms with E-state index in [4.69, 9.17) is 0 Å². The summed E-state index contributed by atoms with van der Waals surface area (Å²) < 4.78 is 13.3. The summed E-state index contributed by atoms with van der Waals surface area (Å²) in [5, 5.41) is 10.8. The molecule has 3 aromatic rings. The first-order valence-electron chi connectivity index (χ1n) is 8.71. The Bertz CT molecular complexity index is 903. The summed E-state index contributed by atoms with van der Waals surface area (Å²) in [7, 11) is 1.76. The first-order chi connectivity index (χ1) is 12.6. The third kappa shape index (κ3) is 5.65. The largest absolute Gasteiger partial charge is 0.361 e. The molecule has 2 heterocycles. The maximum atomic E-state index is 13.3. The quantitative estimate of drug-likeness (QED) is 0.266. The fourth-order valence-electron chi connectivity index (χ4n) is 2.73. The van der Waals surface area contributed by atoms with E-state index in [1.54, 1.807) is 18.4 Å². The van der Waals surface area contributed by atoms with Gasteiger partial charge < -0.3 is 15.6 Å². The number of halogens is 2. The Kier molecular flexibility index (Phi) is 8.03. The fourth-order valence-corrected chi connectivity index (χ4v) is 3.63. The molecule has 0 aliphatic heterocycles. The van der Waals surface area contributed by atoms with Gasteiger partial charge in [0.05, 0.1) is 12.2 Å². The van der Waals surface area contributed by atoms with Crippen molar-refractivity contribution in [2.75, 3.05) is 13.6 Å². The van der Waals surface area contributed by atoms with Crippen LogP contribution in [0, 0.1) is 5.82 Å². The topological polar surface area (TPSA) is 65.1 Å². The van der Waals surface area contributed by atoms with Crippen molar-refractivity contribution in [1.29, 1.82) is 0 Å². The van der Waals surface area contributed by atoms with Crippen LogP contribution in [0.2, 0.25) is 0 Å². The summed E-state index contributed by atoms with van der Waals surface area (Å²) in [6, 6.07) is 4.83. The summed E-state index contributed by atoms with van der Waals surface area (Å²) in [6.45, 7) is 5.68. The number of nitrogens with zero attached hydrogens (tertiary/aromatic N) is 2. The lowest BCUT2D eigenvalue weighted by Crippen LogP contribution is -2.37. The molecule has 0 bridgehead atoms. The van der Waals surface area contributed by atoms with Crippen LogP contribution in [0.1, 0.15) is 36.0 Å². The van der Waals surface area contributed by atoms with Gasteiger partial charge in [-0.2, -0.15) is 0 Å². The van der Waals surface area contributed by atoms with Gasteiger partial charge in [-0.3, -0.25) is 4.99 Å². The SMILES string of the molecule is CN=C(NCCc1c[nH]c2cc(F)ccc12)NCc1nc(C(C)C)cs1.I. The molecule has 27 heavy (non-hydrogen) atoms. The molecule has 0 saturated heterocycles. The molecule has 0 fully saturated rings. The molecule has 3 rings (SSSR count). The molecule has 2 aromatic heterocycles. The first kappa shape index (κ1) is 21.6.